The highest BCUT2D eigenvalue weighted by Gasteiger charge is 2.44. The third kappa shape index (κ3) is 3.50. The van der Waals surface area contributed by atoms with Gasteiger partial charge in [-0.25, -0.2) is 4.79 Å². The Morgan fingerprint density at radius 2 is 2.05 bits per heavy atom. The number of carboxylic acids is 1. The summed E-state index contributed by atoms with van der Waals surface area (Å²) in [6.45, 7) is 5.92. The highest BCUT2D eigenvalue weighted by Crippen LogP contribution is 2.35. The molecule has 5 nitrogen and oxygen atoms in total. The van der Waals surface area contributed by atoms with Crippen LogP contribution >= 0.6 is 0 Å². The first-order valence-corrected chi connectivity index (χ1v) is 8.33. The van der Waals surface area contributed by atoms with E-state index in [1.807, 2.05) is 11.8 Å². The molecule has 1 aliphatic carbocycles. The van der Waals surface area contributed by atoms with Crippen molar-refractivity contribution in [3.05, 3.63) is 0 Å². The summed E-state index contributed by atoms with van der Waals surface area (Å²) in [5, 5.41) is 9.54. The number of nitrogens with zero attached hydrogens (tertiary/aromatic N) is 2. The Morgan fingerprint density at radius 3 is 2.57 bits per heavy atom. The van der Waals surface area contributed by atoms with Crippen LogP contribution in [0, 0.1) is 5.41 Å². The van der Waals surface area contributed by atoms with Crippen LogP contribution in [0.4, 0.5) is 4.79 Å². The third-order valence-corrected chi connectivity index (χ3v) is 4.96. The number of carboxylic acid groups (broad SMARTS) is 1. The Labute approximate surface area is 127 Å². The number of likely N-dealkylation sites (tertiary alicyclic amines) is 1. The van der Waals surface area contributed by atoms with Crippen molar-refractivity contribution in [2.24, 2.45) is 5.41 Å². The van der Waals surface area contributed by atoms with Gasteiger partial charge in [0.2, 0.25) is 0 Å². The van der Waals surface area contributed by atoms with Crippen LogP contribution in [0.2, 0.25) is 0 Å². The van der Waals surface area contributed by atoms with E-state index < -0.39 is 11.4 Å². The van der Waals surface area contributed by atoms with Gasteiger partial charge in [-0.2, -0.15) is 0 Å². The zero-order valence-electron chi connectivity index (χ0n) is 13.3. The Balaban J connectivity index is 2.05. The van der Waals surface area contributed by atoms with Crippen molar-refractivity contribution in [1.82, 2.24) is 9.80 Å². The molecular formula is C16H28N2O3. The monoisotopic (exact) mass is 296 g/mol. The van der Waals surface area contributed by atoms with Gasteiger partial charge in [-0.1, -0.05) is 20.3 Å². The normalized spacial score (nSPS) is 25.7. The number of rotatable bonds is 6. The molecule has 0 aromatic carbocycles. The molecule has 21 heavy (non-hydrogen) atoms. The molecule has 0 radical (unpaired) electrons. The minimum absolute atomic E-state index is 0.0599. The molecule has 5 heteroatoms. The Bertz CT molecular complexity index is 395. The van der Waals surface area contributed by atoms with Crippen molar-refractivity contribution >= 4 is 12.0 Å². The molecule has 1 N–H and O–H groups in total. The highest BCUT2D eigenvalue weighted by molar-refractivity contribution is 5.79. The molecule has 2 fully saturated rings. The highest BCUT2D eigenvalue weighted by atomic mass is 16.4. The van der Waals surface area contributed by atoms with E-state index in [0.29, 0.717) is 32.0 Å². The predicted molar refractivity (Wildman–Crippen MR) is 81.2 cm³/mol. The van der Waals surface area contributed by atoms with Gasteiger partial charge in [-0.3, -0.25) is 4.79 Å². The molecule has 0 aromatic rings. The molecule has 1 atom stereocenters. The number of unbranched alkanes of at least 4 members (excludes halogenated alkanes) is 1. The van der Waals surface area contributed by atoms with E-state index >= 15 is 0 Å². The van der Waals surface area contributed by atoms with Gasteiger partial charge in [0.1, 0.15) is 0 Å². The summed E-state index contributed by atoms with van der Waals surface area (Å²) in [6.07, 6.45) is 6.35. The number of urea groups is 1. The molecule has 0 aromatic heterocycles. The summed E-state index contributed by atoms with van der Waals surface area (Å²) in [6, 6.07) is 0.455. The second kappa shape index (κ2) is 6.67. The van der Waals surface area contributed by atoms with E-state index in [1.54, 1.807) is 4.90 Å². The molecule has 1 aliphatic heterocycles. The maximum absolute atomic E-state index is 12.8. The van der Waals surface area contributed by atoms with Gasteiger partial charge in [0.05, 0.1) is 5.41 Å². The van der Waals surface area contributed by atoms with E-state index in [-0.39, 0.29) is 6.03 Å². The largest absolute Gasteiger partial charge is 0.481 e. The number of carbonyl (C=O) groups is 2. The number of hydrogen-bond donors (Lipinski definition) is 1. The zero-order valence-corrected chi connectivity index (χ0v) is 13.3. The minimum Gasteiger partial charge on any atom is -0.481 e. The second-order valence-electron chi connectivity index (χ2n) is 6.52. The number of piperidine rings is 1. The van der Waals surface area contributed by atoms with Crippen LogP contribution in [-0.4, -0.2) is 52.6 Å². The summed E-state index contributed by atoms with van der Waals surface area (Å²) >= 11 is 0. The Kier molecular flexibility index (Phi) is 5.12. The molecule has 2 rings (SSSR count). The van der Waals surface area contributed by atoms with Gasteiger partial charge in [0.25, 0.3) is 0 Å². The first-order chi connectivity index (χ1) is 10.0. The second-order valence-corrected chi connectivity index (χ2v) is 6.52. The topological polar surface area (TPSA) is 60.9 Å². The fourth-order valence-corrected chi connectivity index (χ4v) is 3.24. The lowest BCUT2D eigenvalue weighted by molar-refractivity contribution is -0.152. The SMILES string of the molecule is CCCCN(C(=O)N1CCCC(CC)(C(=O)O)C1)C1CC1. The molecule has 120 valence electrons. The van der Waals surface area contributed by atoms with Gasteiger partial charge < -0.3 is 14.9 Å². The van der Waals surface area contributed by atoms with Crippen molar-refractivity contribution in [2.45, 2.75) is 64.8 Å². The van der Waals surface area contributed by atoms with E-state index in [9.17, 15) is 14.7 Å². The van der Waals surface area contributed by atoms with Crippen molar-refractivity contribution in [1.29, 1.82) is 0 Å². The van der Waals surface area contributed by atoms with Gasteiger partial charge >= 0.3 is 12.0 Å². The van der Waals surface area contributed by atoms with Crippen LogP contribution in [-0.2, 0) is 4.79 Å². The van der Waals surface area contributed by atoms with Crippen molar-refractivity contribution < 1.29 is 14.7 Å². The first-order valence-electron chi connectivity index (χ1n) is 8.33. The molecule has 1 saturated heterocycles. The van der Waals surface area contributed by atoms with Gasteiger partial charge in [-0.15, -0.1) is 0 Å². The maximum atomic E-state index is 12.8. The van der Waals surface area contributed by atoms with E-state index in [1.165, 1.54) is 0 Å². The molecule has 1 heterocycles. The minimum atomic E-state index is -0.756. The van der Waals surface area contributed by atoms with Crippen LogP contribution in [0.3, 0.4) is 0 Å². The average Bonchev–Trinajstić information content (AvgIpc) is 3.32. The van der Waals surface area contributed by atoms with E-state index in [0.717, 1.165) is 38.6 Å². The van der Waals surface area contributed by atoms with Gasteiger partial charge in [-0.05, 0) is 38.5 Å². The molecular weight excluding hydrogens is 268 g/mol. The molecule has 1 unspecified atom stereocenters. The zero-order chi connectivity index (χ0) is 15.5. The Morgan fingerprint density at radius 1 is 1.33 bits per heavy atom. The fraction of sp³-hybridized carbons (Fsp3) is 0.875. The van der Waals surface area contributed by atoms with Crippen LogP contribution in [0.25, 0.3) is 0 Å². The van der Waals surface area contributed by atoms with Crippen LogP contribution in [0.5, 0.6) is 0 Å². The van der Waals surface area contributed by atoms with Crippen molar-refractivity contribution in [3.8, 4) is 0 Å². The lowest BCUT2D eigenvalue weighted by Gasteiger charge is -2.41. The molecule has 0 spiro atoms. The average molecular weight is 296 g/mol. The third-order valence-electron chi connectivity index (χ3n) is 4.96. The van der Waals surface area contributed by atoms with Crippen LogP contribution in [0.1, 0.15) is 58.8 Å². The van der Waals surface area contributed by atoms with E-state index in [2.05, 4.69) is 6.92 Å². The molecule has 1 saturated carbocycles. The summed E-state index contributed by atoms with van der Waals surface area (Å²) in [5.74, 6) is -0.756. The lowest BCUT2D eigenvalue weighted by atomic mass is 9.78. The van der Waals surface area contributed by atoms with E-state index in [4.69, 9.17) is 0 Å². The maximum Gasteiger partial charge on any atom is 0.320 e. The summed E-state index contributed by atoms with van der Waals surface area (Å²) in [5.41, 5.74) is -0.742. The number of carbonyl (C=O) groups excluding carboxylic acids is 1. The van der Waals surface area contributed by atoms with Crippen molar-refractivity contribution in [3.63, 3.8) is 0 Å². The quantitative estimate of drug-likeness (QED) is 0.819. The summed E-state index contributed by atoms with van der Waals surface area (Å²) < 4.78 is 0. The first kappa shape index (κ1) is 16.1. The fourth-order valence-electron chi connectivity index (χ4n) is 3.24. The molecule has 0 bridgehead atoms. The number of aliphatic carboxylic acids is 1. The number of amides is 2. The molecule has 2 amide bonds. The Hall–Kier alpha value is -1.26. The number of hydrogen-bond acceptors (Lipinski definition) is 2. The van der Waals surface area contributed by atoms with Gasteiger partial charge in [0.15, 0.2) is 0 Å². The standard InChI is InChI=1S/C16H28N2O3/c1-3-5-11-18(13-7-8-13)15(21)17-10-6-9-16(4-2,12-17)14(19)20/h13H,3-12H2,1-2H3,(H,19,20). The van der Waals surface area contributed by atoms with Crippen LogP contribution < -0.4 is 0 Å². The van der Waals surface area contributed by atoms with Gasteiger partial charge in [0, 0.05) is 25.7 Å². The van der Waals surface area contributed by atoms with Crippen molar-refractivity contribution in [2.75, 3.05) is 19.6 Å². The summed E-state index contributed by atoms with van der Waals surface area (Å²) in [7, 11) is 0. The smallest absolute Gasteiger partial charge is 0.320 e. The predicted octanol–water partition coefficient (Wildman–Crippen LogP) is 2.95. The molecule has 2 aliphatic rings. The van der Waals surface area contributed by atoms with Crippen LogP contribution in [0.15, 0.2) is 0 Å². The lowest BCUT2D eigenvalue weighted by Crippen LogP contribution is -2.54. The summed E-state index contributed by atoms with van der Waals surface area (Å²) in [4.78, 5) is 28.2.